The number of rotatable bonds is 7. The number of carbonyl (C=O) groups excluding carboxylic acids is 2. The first kappa shape index (κ1) is 23.0. The summed E-state index contributed by atoms with van der Waals surface area (Å²) in [6.07, 6.45) is -5.19. The molecule has 0 bridgehead atoms. The van der Waals surface area contributed by atoms with E-state index in [0.717, 1.165) is 22.1 Å². The molecule has 0 saturated heterocycles. The number of carbonyl (C=O) groups is 2. The SMILES string of the molecule is O=C(c1cccs1)C(C(=O)C(F)(F)F)C(Nc1ccc2ccccc2c1)c1ccc(Cl)cc1. The van der Waals surface area contributed by atoms with Crippen LogP contribution in [0.2, 0.25) is 5.02 Å². The van der Waals surface area contributed by atoms with E-state index in [0.29, 0.717) is 16.3 Å². The molecule has 1 N–H and O–H groups in total. The highest BCUT2D eigenvalue weighted by molar-refractivity contribution is 7.12. The van der Waals surface area contributed by atoms with Crippen LogP contribution in [-0.4, -0.2) is 17.7 Å². The maximum absolute atomic E-state index is 13.6. The zero-order valence-corrected chi connectivity index (χ0v) is 18.5. The van der Waals surface area contributed by atoms with Crippen LogP contribution in [0.25, 0.3) is 10.8 Å². The van der Waals surface area contributed by atoms with E-state index in [9.17, 15) is 22.8 Å². The third kappa shape index (κ3) is 5.10. The summed E-state index contributed by atoms with van der Waals surface area (Å²) in [7, 11) is 0. The fraction of sp³-hybridized carbons (Fsp3) is 0.120. The summed E-state index contributed by atoms with van der Waals surface area (Å²) in [6.45, 7) is 0. The minimum absolute atomic E-state index is 0.0804. The Hall–Kier alpha value is -3.16. The van der Waals surface area contributed by atoms with Crippen LogP contribution >= 0.6 is 22.9 Å². The molecule has 0 aliphatic rings. The van der Waals surface area contributed by atoms with E-state index in [1.165, 1.54) is 30.3 Å². The van der Waals surface area contributed by atoms with Crippen LogP contribution in [-0.2, 0) is 4.79 Å². The molecule has 2 atom stereocenters. The number of hydrogen-bond donors (Lipinski definition) is 1. The predicted molar refractivity (Wildman–Crippen MR) is 125 cm³/mol. The molecule has 0 aliphatic heterocycles. The Kier molecular flexibility index (Phi) is 6.54. The van der Waals surface area contributed by atoms with E-state index >= 15 is 0 Å². The minimum atomic E-state index is -5.19. The highest BCUT2D eigenvalue weighted by atomic mass is 35.5. The quantitative estimate of drug-likeness (QED) is 0.219. The van der Waals surface area contributed by atoms with Crippen molar-refractivity contribution in [1.29, 1.82) is 0 Å². The molecule has 0 saturated carbocycles. The second kappa shape index (κ2) is 9.37. The number of thiophene rings is 1. The van der Waals surface area contributed by atoms with Crippen LogP contribution in [0.4, 0.5) is 18.9 Å². The Labute approximate surface area is 196 Å². The van der Waals surface area contributed by atoms with Gasteiger partial charge >= 0.3 is 6.18 Å². The molecule has 0 radical (unpaired) electrons. The highest BCUT2D eigenvalue weighted by Crippen LogP contribution is 2.36. The molecule has 4 aromatic rings. The normalized spacial score (nSPS) is 13.5. The molecule has 0 spiro atoms. The predicted octanol–water partition coefficient (Wildman–Crippen LogP) is 7.34. The Bertz CT molecular complexity index is 1290. The largest absolute Gasteiger partial charge is 0.450 e. The van der Waals surface area contributed by atoms with Crippen molar-refractivity contribution in [3.05, 3.63) is 99.7 Å². The molecular formula is C25H17ClF3NO2S. The fourth-order valence-corrected chi connectivity index (χ4v) is 4.49. The van der Waals surface area contributed by atoms with Crippen LogP contribution < -0.4 is 5.32 Å². The molecule has 1 heterocycles. The van der Waals surface area contributed by atoms with Crippen molar-refractivity contribution in [3.63, 3.8) is 0 Å². The molecule has 2 unspecified atom stereocenters. The van der Waals surface area contributed by atoms with Gasteiger partial charge in [-0.1, -0.05) is 60.1 Å². The number of fused-ring (bicyclic) bond motifs is 1. The Morgan fingerprint density at radius 1 is 0.879 bits per heavy atom. The molecule has 0 amide bonds. The van der Waals surface area contributed by atoms with Gasteiger partial charge in [-0.15, -0.1) is 11.3 Å². The van der Waals surface area contributed by atoms with Gasteiger partial charge in [-0.05, 0) is 52.0 Å². The highest BCUT2D eigenvalue weighted by Gasteiger charge is 2.50. The van der Waals surface area contributed by atoms with Crippen molar-refractivity contribution < 1.29 is 22.8 Å². The van der Waals surface area contributed by atoms with Gasteiger partial charge in [0, 0.05) is 10.7 Å². The molecule has 168 valence electrons. The van der Waals surface area contributed by atoms with Crippen LogP contribution in [0.3, 0.4) is 0 Å². The average Bonchev–Trinajstić information content (AvgIpc) is 3.33. The summed E-state index contributed by atoms with van der Waals surface area (Å²) in [5.41, 5.74) is 0.813. The number of nitrogens with one attached hydrogen (secondary N) is 1. The average molecular weight is 488 g/mol. The number of Topliss-reactive ketones (excluding diaryl/α,β-unsaturated/α-hetero) is 2. The van der Waals surface area contributed by atoms with Crippen LogP contribution in [0, 0.1) is 5.92 Å². The second-order valence-corrected chi connectivity index (χ2v) is 8.80. The summed E-state index contributed by atoms with van der Waals surface area (Å²) in [5.74, 6) is -5.01. The molecule has 0 fully saturated rings. The maximum Gasteiger partial charge on any atom is 0.450 e. The first-order valence-corrected chi connectivity index (χ1v) is 11.2. The summed E-state index contributed by atoms with van der Waals surface area (Å²) < 4.78 is 40.9. The lowest BCUT2D eigenvalue weighted by molar-refractivity contribution is -0.174. The minimum Gasteiger partial charge on any atom is -0.377 e. The van der Waals surface area contributed by atoms with E-state index in [2.05, 4.69) is 5.32 Å². The van der Waals surface area contributed by atoms with E-state index < -0.39 is 29.7 Å². The van der Waals surface area contributed by atoms with E-state index in [1.54, 1.807) is 23.6 Å². The number of alkyl halides is 3. The van der Waals surface area contributed by atoms with Crippen molar-refractivity contribution in [2.75, 3.05) is 5.32 Å². The van der Waals surface area contributed by atoms with Crippen LogP contribution in [0.15, 0.2) is 84.2 Å². The monoisotopic (exact) mass is 487 g/mol. The third-order valence-corrected chi connectivity index (χ3v) is 6.38. The van der Waals surface area contributed by atoms with Crippen LogP contribution in [0.5, 0.6) is 0 Å². The van der Waals surface area contributed by atoms with Crippen molar-refractivity contribution in [3.8, 4) is 0 Å². The molecule has 8 heteroatoms. The summed E-state index contributed by atoms with van der Waals surface area (Å²) in [4.78, 5) is 25.9. The Balaban J connectivity index is 1.83. The molecule has 1 aromatic heterocycles. The molecule has 33 heavy (non-hydrogen) atoms. The van der Waals surface area contributed by atoms with E-state index in [-0.39, 0.29) is 4.88 Å². The van der Waals surface area contributed by atoms with Gasteiger partial charge in [0.05, 0.1) is 10.9 Å². The van der Waals surface area contributed by atoms with Gasteiger partial charge < -0.3 is 5.32 Å². The Morgan fingerprint density at radius 2 is 1.58 bits per heavy atom. The number of hydrogen-bond acceptors (Lipinski definition) is 4. The number of halogens is 4. The van der Waals surface area contributed by atoms with E-state index in [1.807, 2.05) is 30.3 Å². The third-order valence-electron chi connectivity index (χ3n) is 5.24. The lowest BCUT2D eigenvalue weighted by atomic mass is 9.84. The van der Waals surface area contributed by atoms with Crippen molar-refractivity contribution in [2.45, 2.75) is 12.2 Å². The molecule has 4 rings (SSSR count). The molecule has 0 aliphatic carbocycles. The van der Waals surface area contributed by atoms with Gasteiger partial charge in [0.15, 0.2) is 5.78 Å². The summed E-state index contributed by atoms with van der Waals surface area (Å²) in [6, 6.07) is 20.5. The molecule has 3 aromatic carbocycles. The van der Waals surface area contributed by atoms with Crippen molar-refractivity contribution in [2.24, 2.45) is 5.92 Å². The number of anilines is 1. The molecule has 3 nitrogen and oxygen atoms in total. The first-order valence-electron chi connectivity index (χ1n) is 9.93. The number of ketones is 2. The molecular weight excluding hydrogens is 471 g/mol. The summed E-state index contributed by atoms with van der Waals surface area (Å²) in [5, 5.41) is 6.79. The standard InChI is InChI=1S/C25H17ClF3NO2S/c26-18-10-7-16(8-11-18)22(30-19-12-9-15-4-1-2-5-17(15)14-19)21(24(32)25(27,28)29)23(31)20-6-3-13-33-20/h1-14,21-22,30H. The van der Waals surface area contributed by atoms with Gasteiger partial charge in [0.25, 0.3) is 0 Å². The van der Waals surface area contributed by atoms with Crippen molar-refractivity contribution >= 4 is 51.0 Å². The van der Waals surface area contributed by atoms with Crippen LogP contribution in [0.1, 0.15) is 21.3 Å². The fourth-order valence-electron chi connectivity index (χ4n) is 3.66. The lowest BCUT2D eigenvalue weighted by Gasteiger charge is -2.28. The first-order chi connectivity index (χ1) is 15.7. The van der Waals surface area contributed by atoms with Gasteiger partial charge in [0.2, 0.25) is 5.78 Å². The van der Waals surface area contributed by atoms with Gasteiger partial charge in [-0.3, -0.25) is 9.59 Å². The number of benzene rings is 3. The van der Waals surface area contributed by atoms with Gasteiger partial charge in [0.1, 0.15) is 5.92 Å². The maximum atomic E-state index is 13.6. The van der Waals surface area contributed by atoms with E-state index in [4.69, 9.17) is 11.6 Å². The lowest BCUT2D eigenvalue weighted by Crippen LogP contribution is -2.41. The van der Waals surface area contributed by atoms with Crippen molar-refractivity contribution in [1.82, 2.24) is 0 Å². The second-order valence-electron chi connectivity index (χ2n) is 7.42. The van der Waals surface area contributed by atoms with Gasteiger partial charge in [-0.25, -0.2) is 0 Å². The zero-order valence-electron chi connectivity index (χ0n) is 17.0. The summed E-state index contributed by atoms with van der Waals surface area (Å²) >= 11 is 6.96. The topological polar surface area (TPSA) is 46.2 Å². The zero-order chi connectivity index (χ0) is 23.6. The Morgan fingerprint density at radius 3 is 2.21 bits per heavy atom. The van der Waals surface area contributed by atoms with Gasteiger partial charge in [-0.2, -0.15) is 13.2 Å². The smallest absolute Gasteiger partial charge is 0.377 e.